The molecule has 4 nitrogen and oxygen atoms in total. The highest BCUT2D eigenvalue weighted by Gasteiger charge is 2.36. The molecule has 2 atom stereocenters. The quantitative estimate of drug-likeness (QED) is 0.808. The first-order chi connectivity index (χ1) is 9.89. The molecule has 2 rings (SSSR count). The van der Waals surface area contributed by atoms with Crippen LogP contribution in [0.3, 0.4) is 0 Å². The van der Waals surface area contributed by atoms with Gasteiger partial charge in [-0.15, -0.1) is 0 Å². The molecule has 0 radical (unpaired) electrons. The lowest BCUT2D eigenvalue weighted by Gasteiger charge is -2.28. The van der Waals surface area contributed by atoms with Crippen molar-refractivity contribution in [1.82, 2.24) is 4.90 Å². The van der Waals surface area contributed by atoms with Crippen molar-refractivity contribution in [3.05, 3.63) is 29.8 Å². The van der Waals surface area contributed by atoms with Gasteiger partial charge in [0, 0.05) is 18.8 Å². The Labute approximate surface area is 128 Å². The Kier molecular flexibility index (Phi) is 5.27. The first-order valence-corrected chi connectivity index (χ1v) is 9.42. The first kappa shape index (κ1) is 16.3. The van der Waals surface area contributed by atoms with Crippen molar-refractivity contribution in [2.45, 2.75) is 37.5 Å². The van der Waals surface area contributed by atoms with Crippen LogP contribution in [0.2, 0.25) is 0 Å². The van der Waals surface area contributed by atoms with E-state index in [9.17, 15) is 8.42 Å². The van der Waals surface area contributed by atoms with Crippen molar-refractivity contribution in [1.29, 1.82) is 0 Å². The molecule has 21 heavy (non-hydrogen) atoms. The van der Waals surface area contributed by atoms with Gasteiger partial charge in [-0.25, -0.2) is 8.42 Å². The minimum absolute atomic E-state index is 0.125. The fourth-order valence-electron chi connectivity index (χ4n) is 3.09. The number of aryl methyl sites for hydroxylation is 1. The predicted molar refractivity (Wildman–Crippen MR) is 85.6 cm³/mol. The zero-order chi connectivity index (χ0) is 15.5. The summed E-state index contributed by atoms with van der Waals surface area (Å²) in [4.78, 5) is 2.14. The average molecular weight is 311 g/mol. The summed E-state index contributed by atoms with van der Waals surface area (Å²) in [5, 5.41) is -0.221. The second kappa shape index (κ2) is 6.79. The van der Waals surface area contributed by atoms with Gasteiger partial charge in [0.25, 0.3) is 0 Å². The molecule has 1 fully saturated rings. The summed E-state index contributed by atoms with van der Waals surface area (Å²) in [5.41, 5.74) is 1.12. The molecule has 0 bridgehead atoms. The minimum Gasteiger partial charge on any atom is -0.492 e. The lowest BCUT2D eigenvalue weighted by molar-refractivity contribution is 0.193. The van der Waals surface area contributed by atoms with Crippen LogP contribution in [0.4, 0.5) is 0 Å². The van der Waals surface area contributed by atoms with Crippen molar-refractivity contribution >= 4 is 9.84 Å². The van der Waals surface area contributed by atoms with Gasteiger partial charge in [-0.1, -0.05) is 24.6 Å². The zero-order valence-electron chi connectivity index (χ0n) is 13.1. The van der Waals surface area contributed by atoms with Gasteiger partial charge in [-0.05, 0) is 38.4 Å². The Bertz CT molecular complexity index is 571. The topological polar surface area (TPSA) is 46.6 Å². The molecule has 0 N–H and O–H groups in total. The van der Waals surface area contributed by atoms with E-state index in [1.54, 1.807) is 0 Å². The Morgan fingerprint density at radius 1 is 1.29 bits per heavy atom. The van der Waals surface area contributed by atoms with Gasteiger partial charge in [-0.3, -0.25) is 4.90 Å². The van der Waals surface area contributed by atoms with Gasteiger partial charge in [-0.2, -0.15) is 0 Å². The zero-order valence-corrected chi connectivity index (χ0v) is 13.9. The molecule has 0 saturated heterocycles. The van der Waals surface area contributed by atoms with Crippen molar-refractivity contribution in [3.63, 3.8) is 0 Å². The summed E-state index contributed by atoms with van der Waals surface area (Å²) in [7, 11) is -0.968. The second-order valence-electron chi connectivity index (χ2n) is 5.96. The largest absolute Gasteiger partial charge is 0.492 e. The Morgan fingerprint density at radius 3 is 2.67 bits per heavy atom. The molecule has 1 aliphatic rings. The summed E-state index contributed by atoms with van der Waals surface area (Å²) >= 11 is 0. The maximum Gasteiger partial charge on any atom is 0.151 e. The number of hydrogen-bond acceptors (Lipinski definition) is 4. The van der Waals surface area contributed by atoms with Gasteiger partial charge < -0.3 is 4.74 Å². The smallest absolute Gasteiger partial charge is 0.151 e. The molecular formula is C16H25NO3S. The number of rotatable bonds is 6. The maximum atomic E-state index is 11.8. The molecule has 0 spiro atoms. The highest BCUT2D eigenvalue weighted by molar-refractivity contribution is 7.91. The molecule has 1 aromatic rings. The highest BCUT2D eigenvalue weighted by Crippen LogP contribution is 2.28. The van der Waals surface area contributed by atoms with Crippen LogP contribution in [-0.2, 0) is 9.84 Å². The lowest BCUT2D eigenvalue weighted by atomic mass is 10.2. The molecule has 1 aliphatic carbocycles. The number of ether oxygens (including phenoxy) is 1. The van der Waals surface area contributed by atoms with Crippen LogP contribution in [0.1, 0.15) is 24.8 Å². The predicted octanol–water partition coefficient (Wildman–Crippen LogP) is 2.27. The van der Waals surface area contributed by atoms with E-state index < -0.39 is 9.84 Å². The van der Waals surface area contributed by atoms with Crippen LogP contribution in [0.5, 0.6) is 5.75 Å². The number of para-hydroxylation sites is 1. The summed E-state index contributed by atoms with van der Waals surface area (Å²) in [6.45, 7) is 3.34. The Morgan fingerprint density at radius 2 is 2.00 bits per heavy atom. The molecule has 2 unspecified atom stereocenters. The van der Waals surface area contributed by atoms with Crippen LogP contribution in [-0.4, -0.2) is 51.1 Å². The Balaban J connectivity index is 1.87. The highest BCUT2D eigenvalue weighted by atomic mass is 32.2. The molecule has 0 amide bonds. The monoisotopic (exact) mass is 311 g/mol. The molecule has 0 aliphatic heterocycles. The second-order valence-corrected chi connectivity index (χ2v) is 8.23. The molecule has 1 aromatic carbocycles. The van der Waals surface area contributed by atoms with Gasteiger partial charge in [0.2, 0.25) is 0 Å². The van der Waals surface area contributed by atoms with Gasteiger partial charge >= 0.3 is 0 Å². The molecule has 0 aromatic heterocycles. The van der Waals surface area contributed by atoms with Gasteiger partial charge in [0.15, 0.2) is 9.84 Å². The van der Waals surface area contributed by atoms with Crippen LogP contribution in [0.25, 0.3) is 0 Å². The molecule has 118 valence electrons. The maximum absolute atomic E-state index is 11.8. The minimum atomic E-state index is -2.96. The Hall–Kier alpha value is -1.07. The van der Waals surface area contributed by atoms with Crippen molar-refractivity contribution in [3.8, 4) is 5.75 Å². The van der Waals surface area contributed by atoms with Crippen molar-refractivity contribution < 1.29 is 13.2 Å². The number of hydrogen-bond donors (Lipinski definition) is 0. The van der Waals surface area contributed by atoms with E-state index in [2.05, 4.69) is 4.90 Å². The fourth-order valence-corrected chi connectivity index (χ4v) is 4.60. The average Bonchev–Trinajstić information content (AvgIpc) is 2.90. The van der Waals surface area contributed by atoms with E-state index in [0.29, 0.717) is 6.61 Å². The first-order valence-electron chi connectivity index (χ1n) is 7.47. The van der Waals surface area contributed by atoms with Crippen molar-refractivity contribution in [2.24, 2.45) is 0 Å². The lowest BCUT2D eigenvalue weighted by Crippen LogP contribution is -2.43. The van der Waals surface area contributed by atoms with Crippen LogP contribution in [0.15, 0.2) is 24.3 Å². The number of nitrogens with zero attached hydrogens (tertiary/aromatic N) is 1. The van der Waals surface area contributed by atoms with Gasteiger partial charge in [0.1, 0.15) is 12.4 Å². The summed E-state index contributed by atoms with van der Waals surface area (Å²) in [6, 6.07) is 8.06. The van der Waals surface area contributed by atoms with Crippen LogP contribution >= 0.6 is 0 Å². The molecule has 5 heteroatoms. The third-order valence-corrected chi connectivity index (χ3v) is 5.98. The fraction of sp³-hybridized carbons (Fsp3) is 0.625. The van der Waals surface area contributed by atoms with Crippen molar-refractivity contribution in [2.75, 3.05) is 26.5 Å². The van der Waals surface area contributed by atoms with E-state index in [-0.39, 0.29) is 11.3 Å². The third-order valence-electron chi connectivity index (χ3n) is 4.33. The summed E-state index contributed by atoms with van der Waals surface area (Å²) in [5.74, 6) is 0.900. The molecule has 0 heterocycles. The van der Waals surface area contributed by atoms with E-state index in [4.69, 9.17) is 4.74 Å². The van der Waals surface area contributed by atoms with Crippen LogP contribution in [0, 0.1) is 6.92 Å². The van der Waals surface area contributed by atoms with E-state index in [1.807, 2.05) is 38.2 Å². The third kappa shape index (κ3) is 4.20. The summed E-state index contributed by atoms with van der Waals surface area (Å²) < 4.78 is 29.5. The van der Waals surface area contributed by atoms with E-state index >= 15 is 0 Å². The SMILES string of the molecule is Cc1ccccc1OCCN(C)C1CCCC1S(C)(=O)=O. The van der Waals surface area contributed by atoms with E-state index in [1.165, 1.54) is 6.26 Å². The van der Waals surface area contributed by atoms with Gasteiger partial charge in [0.05, 0.1) is 5.25 Å². The molecular weight excluding hydrogens is 286 g/mol. The number of benzene rings is 1. The standard InChI is InChI=1S/C16H25NO3S/c1-13-7-4-5-9-15(13)20-12-11-17(2)14-8-6-10-16(14)21(3,18)19/h4-5,7,9,14,16H,6,8,10-12H2,1-3H3. The number of likely N-dealkylation sites (N-methyl/N-ethyl adjacent to an activating group) is 1. The van der Waals surface area contributed by atoms with E-state index in [0.717, 1.165) is 37.1 Å². The van der Waals surface area contributed by atoms with Crippen LogP contribution < -0.4 is 4.74 Å². The summed E-state index contributed by atoms with van der Waals surface area (Å²) in [6.07, 6.45) is 4.09. The molecule has 1 saturated carbocycles. The number of sulfone groups is 1. The normalized spacial score (nSPS) is 22.7.